The van der Waals surface area contributed by atoms with Crippen LogP contribution in [0.1, 0.15) is 19.4 Å². The number of halogens is 1. The van der Waals surface area contributed by atoms with Crippen molar-refractivity contribution in [3.05, 3.63) is 22.7 Å². The van der Waals surface area contributed by atoms with Gasteiger partial charge < -0.3 is 14.6 Å². The number of aliphatic carboxylic acids is 1. The van der Waals surface area contributed by atoms with Gasteiger partial charge in [0.1, 0.15) is 6.04 Å². The van der Waals surface area contributed by atoms with Crippen molar-refractivity contribution in [2.45, 2.75) is 32.5 Å². The lowest BCUT2D eigenvalue weighted by Crippen LogP contribution is -2.54. The van der Waals surface area contributed by atoms with Crippen LogP contribution in [0, 0.1) is 0 Å². The highest BCUT2D eigenvalue weighted by molar-refractivity contribution is 6.31. The molecule has 1 aromatic carbocycles. The van der Waals surface area contributed by atoms with E-state index in [-0.39, 0.29) is 6.10 Å². The quantitative estimate of drug-likeness (QED) is 0.844. The lowest BCUT2D eigenvalue weighted by molar-refractivity contribution is -0.145. The molecule has 2 rings (SSSR count). The minimum absolute atomic E-state index is 0.0229. The Bertz CT molecular complexity index is 594. The topological polar surface area (TPSA) is 62.2 Å². The van der Waals surface area contributed by atoms with E-state index in [1.165, 1.54) is 0 Å². The number of hydrogen-bond donors (Lipinski definition) is 1. The first kappa shape index (κ1) is 18.8. The Morgan fingerprint density at radius 3 is 2.67 bits per heavy atom. The van der Waals surface area contributed by atoms with Crippen LogP contribution < -0.4 is 9.47 Å². The fourth-order valence-corrected chi connectivity index (χ4v) is 3.00. The van der Waals surface area contributed by atoms with Crippen molar-refractivity contribution in [3.8, 4) is 11.5 Å². The molecule has 0 saturated carbocycles. The van der Waals surface area contributed by atoms with E-state index in [1.54, 1.807) is 13.2 Å². The molecule has 1 unspecified atom stereocenters. The molecule has 1 aliphatic rings. The van der Waals surface area contributed by atoms with Gasteiger partial charge in [-0.3, -0.25) is 14.6 Å². The van der Waals surface area contributed by atoms with Gasteiger partial charge in [-0.05, 0) is 32.5 Å². The fraction of sp³-hybridized carbons (Fsp3) is 0.588. The summed E-state index contributed by atoms with van der Waals surface area (Å²) in [5, 5.41) is 9.91. The first-order valence-electron chi connectivity index (χ1n) is 8.00. The molecule has 0 spiro atoms. The molecule has 0 amide bonds. The predicted molar refractivity (Wildman–Crippen MR) is 93.1 cm³/mol. The molecular formula is C17H25ClN2O4. The molecule has 6 nitrogen and oxygen atoms in total. The third-order valence-corrected chi connectivity index (χ3v) is 4.46. The predicted octanol–water partition coefficient (Wildman–Crippen LogP) is 2.34. The first-order valence-corrected chi connectivity index (χ1v) is 8.38. The lowest BCUT2D eigenvalue weighted by Gasteiger charge is -2.37. The van der Waals surface area contributed by atoms with Crippen molar-refractivity contribution in [3.63, 3.8) is 0 Å². The minimum Gasteiger partial charge on any atom is -0.493 e. The molecule has 1 aromatic rings. The molecule has 0 aliphatic carbocycles. The third-order valence-electron chi connectivity index (χ3n) is 4.11. The van der Waals surface area contributed by atoms with Gasteiger partial charge in [-0.15, -0.1) is 0 Å². The van der Waals surface area contributed by atoms with Gasteiger partial charge in [0.25, 0.3) is 0 Å². The Kier molecular flexibility index (Phi) is 6.32. The van der Waals surface area contributed by atoms with E-state index in [0.717, 1.165) is 12.1 Å². The monoisotopic (exact) mass is 356 g/mol. The Hall–Kier alpha value is -1.50. The van der Waals surface area contributed by atoms with Crippen LogP contribution in [0.4, 0.5) is 0 Å². The maximum atomic E-state index is 11.3. The van der Waals surface area contributed by atoms with Gasteiger partial charge in [0.2, 0.25) is 0 Å². The zero-order chi connectivity index (χ0) is 17.9. The Morgan fingerprint density at radius 1 is 1.38 bits per heavy atom. The molecule has 1 saturated heterocycles. The van der Waals surface area contributed by atoms with Crippen LogP contribution in [-0.4, -0.2) is 66.8 Å². The molecule has 0 aromatic heterocycles. The summed E-state index contributed by atoms with van der Waals surface area (Å²) in [5.41, 5.74) is 0.901. The Balaban J connectivity index is 2.16. The zero-order valence-electron chi connectivity index (χ0n) is 14.6. The maximum absolute atomic E-state index is 11.3. The van der Waals surface area contributed by atoms with Gasteiger partial charge in [-0.2, -0.15) is 0 Å². The summed E-state index contributed by atoms with van der Waals surface area (Å²) in [6.45, 7) is 6.43. The molecule has 1 heterocycles. The highest BCUT2D eigenvalue weighted by Crippen LogP contribution is 2.34. The number of piperazine rings is 1. The second-order valence-corrected chi connectivity index (χ2v) is 6.74. The number of rotatable bonds is 6. The van der Waals surface area contributed by atoms with E-state index in [9.17, 15) is 9.90 Å². The van der Waals surface area contributed by atoms with Crippen LogP contribution in [0.3, 0.4) is 0 Å². The van der Waals surface area contributed by atoms with Crippen molar-refractivity contribution in [2.24, 2.45) is 0 Å². The average Bonchev–Trinajstić information content (AvgIpc) is 2.50. The molecule has 1 fully saturated rings. The van der Waals surface area contributed by atoms with Gasteiger partial charge in [-0.25, -0.2) is 0 Å². The Morgan fingerprint density at radius 2 is 2.08 bits per heavy atom. The smallest absolute Gasteiger partial charge is 0.322 e. The van der Waals surface area contributed by atoms with Crippen molar-refractivity contribution >= 4 is 17.6 Å². The molecule has 0 radical (unpaired) electrons. The molecule has 1 atom stereocenters. The largest absolute Gasteiger partial charge is 0.493 e. The summed E-state index contributed by atoms with van der Waals surface area (Å²) in [6, 6.07) is 3.14. The van der Waals surface area contributed by atoms with Crippen molar-refractivity contribution < 1.29 is 19.4 Å². The first-order chi connectivity index (χ1) is 11.3. The highest BCUT2D eigenvalue weighted by Gasteiger charge is 2.30. The second kappa shape index (κ2) is 8.05. The van der Waals surface area contributed by atoms with Crippen molar-refractivity contribution in [1.82, 2.24) is 9.80 Å². The number of carboxylic acids is 1. The number of nitrogens with zero attached hydrogens (tertiary/aromatic N) is 2. The SMILES string of the molecule is COc1cc(CN2CCN(C)C(C(=O)O)C2)c(Cl)cc1OC(C)C. The van der Waals surface area contributed by atoms with Gasteiger partial charge in [0.05, 0.1) is 13.2 Å². The van der Waals surface area contributed by atoms with Crippen LogP contribution in [-0.2, 0) is 11.3 Å². The van der Waals surface area contributed by atoms with Crippen LogP contribution in [0.25, 0.3) is 0 Å². The van der Waals surface area contributed by atoms with E-state index < -0.39 is 12.0 Å². The number of methoxy groups -OCH3 is 1. The molecular weight excluding hydrogens is 332 g/mol. The molecule has 1 aliphatic heterocycles. The highest BCUT2D eigenvalue weighted by atomic mass is 35.5. The molecule has 24 heavy (non-hydrogen) atoms. The summed E-state index contributed by atoms with van der Waals surface area (Å²) in [6.07, 6.45) is 0.0229. The van der Waals surface area contributed by atoms with E-state index in [2.05, 4.69) is 4.90 Å². The van der Waals surface area contributed by atoms with E-state index >= 15 is 0 Å². The summed E-state index contributed by atoms with van der Waals surface area (Å²) in [5.74, 6) is 0.446. The number of carboxylic acid groups (broad SMARTS) is 1. The summed E-state index contributed by atoms with van der Waals surface area (Å²) in [4.78, 5) is 15.3. The van der Waals surface area contributed by atoms with Gasteiger partial charge >= 0.3 is 5.97 Å². The van der Waals surface area contributed by atoms with Crippen LogP contribution in [0.15, 0.2) is 12.1 Å². The van der Waals surface area contributed by atoms with Crippen LogP contribution in [0.2, 0.25) is 5.02 Å². The Labute approximate surface area is 147 Å². The normalized spacial score (nSPS) is 19.5. The molecule has 134 valence electrons. The fourth-order valence-electron chi connectivity index (χ4n) is 2.79. The summed E-state index contributed by atoms with van der Waals surface area (Å²) >= 11 is 6.40. The standard InChI is InChI=1S/C17H25ClN2O4/c1-11(2)24-16-8-13(18)12(7-15(16)23-4)9-20-6-5-19(3)14(10-20)17(21)22/h7-8,11,14H,5-6,9-10H2,1-4H3,(H,21,22). The van der Waals surface area contributed by atoms with E-state index in [4.69, 9.17) is 21.1 Å². The van der Waals surface area contributed by atoms with Crippen molar-refractivity contribution in [2.75, 3.05) is 33.8 Å². The number of carbonyl (C=O) groups is 1. The van der Waals surface area contributed by atoms with Gasteiger partial charge in [0.15, 0.2) is 11.5 Å². The number of benzene rings is 1. The third kappa shape index (κ3) is 4.53. The van der Waals surface area contributed by atoms with Gasteiger partial charge in [-0.1, -0.05) is 11.6 Å². The second-order valence-electron chi connectivity index (χ2n) is 6.33. The molecule has 0 bridgehead atoms. The summed E-state index contributed by atoms with van der Waals surface area (Å²) < 4.78 is 11.1. The minimum atomic E-state index is -0.799. The van der Waals surface area contributed by atoms with Crippen LogP contribution >= 0.6 is 11.6 Å². The zero-order valence-corrected chi connectivity index (χ0v) is 15.3. The average molecular weight is 357 g/mol. The van der Waals surface area contributed by atoms with Crippen molar-refractivity contribution in [1.29, 1.82) is 0 Å². The number of likely N-dealkylation sites (N-methyl/N-ethyl adjacent to an activating group) is 1. The number of ether oxygens (including phenoxy) is 2. The maximum Gasteiger partial charge on any atom is 0.322 e. The summed E-state index contributed by atoms with van der Waals surface area (Å²) in [7, 11) is 3.43. The van der Waals surface area contributed by atoms with Crippen LogP contribution in [0.5, 0.6) is 11.5 Å². The van der Waals surface area contributed by atoms with Gasteiger partial charge in [0, 0.05) is 37.3 Å². The van der Waals surface area contributed by atoms with E-state index in [1.807, 2.05) is 31.9 Å². The lowest BCUT2D eigenvalue weighted by atomic mass is 10.1. The van der Waals surface area contributed by atoms with E-state index in [0.29, 0.717) is 36.2 Å². The number of hydrogen-bond acceptors (Lipinski definition) is 5. The molecule has 7 heteroatoms. The molecule has 1 N–H and O–H groups in total.